The van der Waals surface area contributed by atoms with E-state index in [1.54, 1.807) is 0 Å². The number of carbonyl (C=O) groups excluding carboxylic acids is 2. The van der Waals surface area contributed by atoms with Gasteiger partial charge in [-0.1, -0.05) is 30.3 Å². The molecule has 1 aromatic carbocycles. The second-order valence-electron chi connectivity index (χ2n) is 4.17. The van der Waals surface area contributed by atoms with Gasteiger partial charge in [0.25, 0.3) is 0 Å². The summed E-state index contributed by atoms with van der Waals surface area (Å²) in [5, 5.41) is 0. The number of rotatable bonds is 9. The average Bonchev–Trinajstić information content (AvgIpc) is 2.39. The van der Waals surface area contributed by atoms with Gasteiger partial charge in [-0.2, -0.15) is 0 Å². The highest BCUT2D eigenvalue weighted by Gasteiger charge is 2.16. The zero-order valence-electron chi connectivity index (χ0n) is 10.5. The van der Waals surface area contributed by atoms with Crippen LogP contribution < -0.4 is 4.72 Å². The lowest BCUT2D eigenvalue weighted by molar-refractivity contribution is -0.113. The minimum atomic E-state index is -3.53. The maximum Gasteiger partial charge on any atom is 0.212 e. The van der Waals surface area contributed by atoms with Gasteiger partial charge in [-0.25, -0.2) is 13.1 Å². The number of hydrogen-bond donors (Lipinski definition) is 1. The molecular formula is C13H17NO4S. The van der Waals surface area contributed by atoms with Gasteiger partial charge in [0, 0.05) is 6.42 Å². The molecule has 0 aliphatic heterocycles. The first-order valence-electron chi connectivity index (χ1n) is 6.00. The normalized spacial score (nSPS) is 12.8. The quantitative estimate of drug-likeness (QED) is 0.676. The minimum absolute atomic E-state index is 0.0644. The van der Waals surface area contributed by atoms with Gasteiger partial charge >= 0.3 is 0 Å². The Kier molecular flexibility index (Phi) is 6.38. The molecule has 0 aliphatic rings. The van der Waals surface area contributed by atoms with Gasteiger partial charge in [0.2, 0.25) is 10.0 Å². The summed E-state index contributed by atoms with van der Waals surface area (Å²) in [7, 11) is -3.53. The van der Waals surface area contributed by atoms with E-state index < -0.39 is 16.1 Å². The molecule has 0 amide bonds. The number of sulfonamides is 1. The molecule has 0 radical (unpaired) electrons. The van der Waals surface area contributed by atoms with Crippen LogP contribution in [0.4, 0.5) is 0 Å². The van der Waals surface area contributed by atoms with E-state index in [1.165, 1.54) is 0 Å². The molecule has 1 N–H and O–H groups in total. The fourth-order valence-corrected chi connectivity index (χ4v) is 2.89. The fourth-order valence-electron chi connectivity index (χ4n) is 1.64. The van der Waals surface area contributed by atoms with Gasteiger partial charge in [0.05, 0.1) is 11.8 Å². The second kappa shape index (κ2) is 7.81. The van der Waals surface area contributed by atoms with Crippen LogP contribution in [0.15, 0.2) is 30.3 Å². The van der Waals surface area contributed by atoms with E-state index in [4.69, 9.17) is 0 Å². The Morgan fingerprint density at radius 1 is 1.16 bits per heavy atom. The Morgan fingerprint density at radius 2 is 1.84 bits per heavy atom. The van der Waals surface area contributed by atoms with Crippen LogP contribution in [-0.2, 0) is 26.0 Å². The number of hydrogen-bond acceptors (Lipinski definition) is 4. The molecule has 1 aromatic rings. The van der Waals surface area contributed by atoms with Crippen molar-refractivity contribution in [2.24, 2.45) is 0 Å². The average molecular weight is 283 g/mol. The molecule has 0 fully saturated rings. The zero-order valence-corrected chi connectivity index (χ0v) is 11.3. The molecule has 0 aliphatic carbocycles. The van der Waals surface area contributed by atoms with E-state index in [2.05, 4.69) is 4.72 Å². The SMILES string of the molecule is O=CC[C@@H](C=O)NS(=O)(=O)CCCc1ccccc1. The Morgan fingerprint density at radius 3 is 2.42 bits per heavy atom. The smallest absolute Gasteiger partial charge is 0.212 e. The Hall–Kier alpha value is -1.53. The van der Waals surface area contributed by atoms with Crippen LogP contribution in [0.3, 0.4) is 0 Å². The summed E-state index contributed by atoms with van der Waals surface area (Å²) in [5.41, 5.74) is 1.07. The topological polar surface area (TPSA) is 80.3 Å². The van der Waals surface area contributed by atoms with Crippen LogP contribution >= 0.6 is 0 Å². The molecule has 0 spiro atoms. The van der Waals surface area contributed by atoms with E-state index in [1.807, 2.05) is 30.3 Å². The number of aldehydes is 2. The second-order valence-corrected chi connectivity index (χ2v) is 6.04. The first-order valence-corrected chi connectivity index (χ1v) is 7.65. The summed E-state index contributed by atoms with van der Waals surface area (Å²) in [5.74, 6) is -0.0644. The zero-order chi connectivity index (χ0) is 14.1. The molecule has 6 heteroatoms. The molecule has 0 saturated heterocycles. The van der Waals surface area contributed by atoms with Gasteiger partial charge in [-0.05, 0) is 18.4 Å². The van der Waals surface area contributed by atoms with Crippen molar-refractivity contribution in [2.45, 2.75) is 25.3 Å². The molecule has 0 bridgehead atoms. The summed E-state index contributed by atoms with van der Waals surface area (Å²) in [6.07, 6.45) is 1.93. The number of benzene rings is 1. The maximum atomic E-state index is 11.7. The standard InChI is InChI=1S/C13H17NO4S/c15-9-8-13(11-16)14-19(17,18)10-4-7-12-5-2-1-3-6-12/h1-3,5-6,9,11,13-14H,4,7-8,10H2/t13-/m0/s1. The van der Waals surface area contributed by atoms with Gasteiger partial charge < -0.3 is 9.59 Å². The fraction of sp³-hybridized carbons (Fsp3) is 0.385. The lowest BCUT2D eigenvalue weighted by Crippen LogP contribution is -2.37. The van der Waals surface area contributed by atoms with E-state index >= 15 is 0 Å². The van der Waals surface area contributed by atoms with Crippen molar-refractivity contribution >= 4 is 22.6 Å². The monoisotopic (exact) mass is 283 g/mol. The van der Waals surface area contributed by atoms with Crippen LogP contribution in [0.1, 0.15) is 18.4 Å². The summed E-state index contributed by atoms with van der Waals surface area (Å²) >= 11 is 0. The Labute approximate surface area is 113 Å². The van der Waals surface area contributed by atoms with Gasteiger partial charge in [-0.3, -0.25) is 0 Å². The van der Waals surface area contributed by atoms with Crippen LogP contribution in [0.25, 0.3) is 0 Å². The highest BCUT2D eigenvalue weighted by molar-refractivity contribution is 7.89. The van der Waals surface area contributed by atoms with Crippen molar-refractivity contribution in [3.8, 4) is 0 Å². The van der Waals surface area contributed by atoms with Crippen LogP contribution in [0.2, 0.25) is 0 Å². The van der Waals surface area contributed by atoms with Crippen molar-refractivity contribution in [3.05, 3.63) is 35.9 Å². The molecular weight excluding hydrogens is 266 g/mol. The maximum absolute atomic E-state index is 11.7. The highest BCUT2D eigenvalue weighted by atomic mass is 32.2. The van der Waals surface area contributed by atoms with Crippen LogP contribution in [-0.4, -0.2) is 32.8 Å². The van der Waals surface area contributed by atoms with Crippen molar-refractivity contribution in [2.75, 3.05) is 5.75 Å². The third-order valence-electron chi connectivity index (χ3n) is 2.57. The molecule has 0 aromatic heterocycles. The molecule has 1 atom stereocenters. The number of carbonyl (C=O) groups is 2. The van der Waals surface area contributed by atoms with Crippen molar-refractivity contribution in [1.29, 1.82) is 0 Å². The summed E-state index contributed by atoms with van der Waals surface area (Å²) in [6, 6.07) is 8.60. The van der Waals surface area contributed by atoms with Gasteiger partial charge in [-0.15, -0.1) is 0 Å². The van der Waals surface area contributed by atoms with Gasteiger partial charge in [0.15, 0.2) is 0 Å². The van der Waals surface area contributed by atoms with Crippen LogP contribution in [0, 0.1) is 0 Å². The predicted octanol–water partition coefficient (Wildman–Crippen LogP) is 0.695. The Bertz CT molecular complexity index is 499. The van der Waals surface area contributed by atoms with E-state index in [0.717, 1.165) is 5.56 Å². The predicted molar refractivity (Wildman–Crippen MR) is 72.2 cm³/mol. The van der Waals surface area contributed by atoms with Gasteiger partial charge in [0.1, 0.15) is 12.6 Å². The van der Waals surface area contributed by atoms with E-state index in [-0.39, 0.29) is 12.2 Å². The summed E-state index contributed by atoms with van der Waals surface area (Å²) < 4.78 is 25.6. The summed E-state index contributed by atoms with van der Waals surface area (Å²) in [4.78, 5) is 20.8. The molecule has 1 rings (SSSR count). The van der Waals surface area contributed by atoms with Crippen molar-refractivity contribution in [3.63, 3.8) is 0 Å². The lowest BCUT2D eigenvalue weighted by Gasteiger charge is -2.10. The molecule has 0 saturated carbocycles. The van der Waals surface area contributed by atoms with Crippen molar-refractivity contribution < 1.29 is 18.0 Å². The first-order chi connectivity index (χ1) is 9.07. The first kappa shape index (κ1) is 15.5. The molecule has 5 nitrogen and oxygen atoms in total. The third kappa shape index (κ3) is 6.26. The number of aryl methyl sites for hydroxylation is 1. The highest BCUT2D eigenvalue weighted by Crippen LogP contribution is 2.04. The molecule has 0 heterocycles. The van der Waals surface area contributed by atoms with E-state index in [9.17, 15) is 18.0 Å². The van der Waals surface area contributed by atoms with E-state index in [0.29, 0.717) is 25.4 Å². The molecule has 19 heavy (non-hydrogen) atoms. The third-order valence-corrected chi connectivity index (χ3v) is 4.05. The minimum Gasteiger partial charge on any atom is -0.303 e. The molecule has 0 unspecified atom stereocenters. The molecule has 104 valence electrons. The largest absolute Gasteiger partial charge is 0.303 e. The summed E-state index contributed by atoms with van der Waals surface area (Å²) in [6.45, 7) is 0. The van der Waals surface area contributed by atoms with Crippen LogP contribution in [0.5, 0.6) is 0 Å². The Balaban J connectivity index is 2.42. The lowest BCUT2D eigenvalue weighted by atomic mass is 10.1. The van der Waals surface area contributed by atoms with Crippen molar-refractivity contribution in [1.82, 2.24) is 4.72 Å². The number of nitrogens with one attached hydrogen (secondary N) is 1.